The number of aryl methyl sites for hydroxylation is 1. The number of anilines is 2. The minimum atomic E-state index is -0.0405. The molecule has 3 aromatic rings. The van der Waals surface area contributed by atoms with Crippen LogP contribution in [0.1, 0.15) is 11.3 Å². The van der Waals surface area contributed by atoms with Crippen LogP contribution in [0.25, 0.3) is 10.2 Å². The molecule has 2 N–H and O–H groups in total. The maximum atomic E-state index is 11.3. The van der Waals surface area contributed by atoms with E-state index in [1.54, 1.807) is 0 Å². The molecule has 0 amide bonds. The van der Waals surface area contributed by atoms with Crippen molar-refractivity contribution in [3.05, 3.63) is 45.5 Å². The molecule has 0 aliphatic heterocycles. The number of fused-ring (bicyclic) bond motifs is 1. The van der Waals surface area contributed by atoms with E-state index in [1.165, 1.54) is 17.7 Å². The SMILES string of the molecule is Cc1ncnc(Nc2ccc3[nH]c(=O)sc3c2)c1C. The van der Waals surface area contributed by atoms with Crippen LogP contribution in [0.4, 0.5) is 11.5 Å². The van der Waals surface area contributed by atoms with Crippen molar-refractivity contribution in [2.24, 2.45) is 0 Å². The number of hydrogen-bond acceptors (Lipinski definition) is 5. The van der Waals surface area contributed by atoms with Crippen molar-refractivity contribution in [3.8, 4) is 0 Å². The first-order chi connectivity index (χ1) is 9.13. The van der Waals surface area contributed by atoms with Crippen LogP contribution in [-0.2, 0) is 0 Å². The average molecular weight is 272 g/mol. The molecular formula is C13H12N4OS. The van der Waals surface area contributed by atoms with Crippen molar-refractivity contribution in [2.45, 2.75) is 13.8 Å². The third-order valence-electron chi connectivity index (χ3n) is 3.02. The molecule has 5 nitrogen and oxygen atoms in total. The van der Waals surface area contributed by atoms with Gasteiger partial charge in [0.15, 0.2) is 0 Å². The van der Waals surface area contributed by atoms with E-state index in [-0.39, 0.29) is 4.87 Å². The Morgan fingerprint density at radius 3 is 2.95 bits per heavy atom. The molecule has 0 fully saturated rings. The van der Waals surface area contributed by atoms with E-state index >= 15 is 0 Å². The zero-order chi connectivity index (χ0) is 13.4. The number of nitrogens with one attached hydrogen (secondary N) is 2. The Labute approximate surface area is 113 Å². The number of H-pyrrole nitrogens is 1. The molecule has 0 bridgehead atoms. The Morgan fingerprint density at radius 1 is 1.26 bits per heavy atom. The van der Waals surface area contributed by atoms with E-state index in [1.807, 2.05) is 32.0 Å². The van der Waals surface area contributed by atoms with Gasteiger partial charge in [0.05, 0.1) is 10.2 Å². The third kappa shape index (κ3) is 2.22. The van der Waals surface area contributed by atoms with Gasteiger partial charge in [-0.15, -0.1) is 0 Å². The summed E-state index contributed by atoms with van der Waals surface area (Å²) in [6, 6.07) is 5.75. The van der Waals surface area contributed by atoms with Crippen molar-refractivity contribution in [1.29, 1.82) is 0 Å². The van der Waals surface area contributed by atoms with Gasteiger partial charge in [0.1, 0.15) is 12.1 Å². The van der Waals surface area contributed by atoms with Crippen molar-refractivity contribution in [3.63, 3.8) is 0 Å². The van der Waals surface area contributed by atoms with Gasteiger partial charge >= 0.3 is 4.87 Å². The first-order valence-electron chi connectivity index (χ1n) is 5.81. The highest BCUT2D eigenvalue weighted by Gasteiger charge is 2.05. The van der Waals surface area contributed by atoms with Crippen LogP contribution in [0.15, 0.2) is 29.3 Å². The lowest BCUT2D eigenvalue weighted by atomic mass is 10.2. The molecule has 0 atom stereocenters. The predicted molar refractivity (Wildman–Crippen MR) is 77.2 cm³/mol. The first-order valence-corrected chi connectivity index (χ1v) is 6.63. The molecule has 0 unspecified atom stereocenters. The van der Waals surface area contributed by atoms with Crippen LogP contribution in [0.5, 0.6) is 0 Å². The molecule has 0 aliphatic rings. The number of rotatable bonds is 2. The van der Waals surface area contributed by atoms with E-state index in [9.17, 15) is 4.79 Å². The lowest BCUT2D eigenvalue weighted by molar-refractivity contribution is 1.07. The van der Waals surface area contributed by atoms with Gasteiger partial charge in [-0.3, -0.25) is 4.79 Å². The molecule has 19 heavy (non-hydrogen) atoms. The summed E-state index contributed by atoms with van der Waals surface area (Å²) in [4.78, 5) is 22.4. The van der Waals surface area contributed by atoms with Crippen LogP contribution in [0.3, 0.4) is 0 Å². The molecule has 0 saturated carbocycles. The van der Waals surface area contributed by atoms with Crippen LogP contribution in [0, 0.1) is 13.8 Å². The molecule has 96 valence electrons. The minimum Gasteiger partial charge on any atom is -0.340 e. The van der Waals surface area contributed by atoms with Crippen molar-refractivity contribution in [2.75, 3.05) is 5.32 Å². The van der Waals surface area contributed by atoms with Gasteiger partial charge in [-0.1, -0.05) is 11.3 Å². The monoisotopic (exact) mass is 272 g/mol. The lowest BCUT2D eigenvalue weighted by Crippen LogP contribution is -1.99. The molecule has 2 aromatic heterocycles. The summed E-state index contributed by atoms with van der Waals surface area (Å²) in [5.74, 6) is 0.787. The lowest BCUT2D eigenvalue weighted by Gasteiger charge is -2.09. The van der Waals surface area contributed by atoms with E-state index in [0.717, 1.165) is 33.0 Å². The van der Waals surface area contributed by atoms with Gasteiger partial charge in [-0.2, -0.15) is 0 Å². The van der Waals surface area contributed by atoms with E-state index < -0.39 is 0 Å². The van der Waals surface area contributed by atoms with Crippen LogP contribution < -0.4 is 10.2 Å². The van der Waals surface area contributed by atoms with Gasteiger partial charge in [0.2, 0.25) is 0 Å². The van der Waals surface area contributed by atoms with E-state index in [0.29, 0.717) is 0 Å². The fourth-order valence-corrected chi connectivity index (χ4v) is 2.60. The highest BCUT2D eigenvalue weighted by molar-refractivity contribution is 7.16. The number of nitrogens with zero attached hydrogens (tertiary/aromatic N) is 2. The van der Waals surface area contributed by atoms with Gasteiger partial charge in [-0.25, -0.2) is 9.97 Å². The molecule has 2 heterocycles. The fraction of sp³-hybridized carbons (Fsp3) is 0.154. The molecule has 1 aromatic carbocycles. The smallest absolute Gasteiger partial charge is 0.305 e. The standard InChI is InChI=1S/C13H12N4OS/c1-7-8(2)14-6-15-12(7)16-9-3-4-10-11(5-9)19-13(18)17-10/h3-6H,1-2H3,(H,17,18)(H,14,15,16). The number of aromatic amines is 1. The van der Waals surface area contributed by atoms with Crippen molar-refractivity contribution >= 4 is 33.1 Å². The fourth-order valence-electron chi connectivity index (χ4n) is 1.82. The zero-order valence-corrected chi connectivity index (χ0v) is 11.3. The largest absolute Gasteiger partial charge is 0.340 e. The highest BCUT2D eigenvalue weighted by atomic mass is 32.1. The maximum Gasteiger partial charge on any atom is 0.305 e. The normalized spacial score (nSPS) is 10.8. The Balaban J connectivity index is 2.00. The quantitative estimate of drug-likeness (QED) is 0.752. The number of hydrogen-bond donors (Lipinski definition) is 2. The second kappa shape index (κ2) is 4.47. The number of benzene rings is 1. The number of thiazole rings is 1. The summed E-state index contributed by atoms with van der Waals surface area (Å²) in [7, 11) is 0. The second-order valence-electron chi connectivity index (χ2n) is 4.28. The Bertz CT molecular complexity index is 806. The number of aromatic nitrogens is 3. The van der Waals surface area contributed by atoms with Gasteiger partial charge in [-0.05, 0) is 32.0 Å². The summed E-state index contributed by atoms with van der Waals surface area (Å²) in [5.41, 5.74) is 3.73. The van der Waals surface area contributed by atoms with E-state index in [4.69, 9.17) is 0 Å². The van der Waals surface area contributed by atoms with E-state index in [2.05, 4.69) is 20.3 Å². The summed E-state index contributed by atoms with van der Waals surface area (Å²) < 4.78 is 0.929. The Kier molecular flexibility index (Phi) is 2.79. The van der Waals surface area contributed by atoms with Gasteiger partial charge in [0.25, 0.3) is 0 Å². The third-order valence-corrected chi connectivity index (χ3v) is 3.87. The highest BCUT2D eigenvalue weighted by Crippen LogP contribution is 2.23. The Morgan fingerprint density at radius 2 is 2.11 bits per heavy atom. The molecule has 3 rings (SSSR count). The molecule has 0 aliphatic carbocycles. The zero-order valence-electron chi connectivity index (χ0n) is 10.5. The van der Waals surface area contributed by atoms with Gasteiger partial charge < -0.3 is 10.3 Å². The van der Waals surface area contributed by atoms with Gasteiger partial charge in [0, 0.05) is 16.9 Å². The average Bonchev–Trinajstić information content (AvgIpc) is 2.74. The summed E-state index contributed by atoms with van der Waals surface area (Å²) in [6.45, 7) is 3.92. The molecule has 6 heteroatoms. The maximum absolute atomic E-state index is 11.3. The molecular weight excluding hydrogens is 260 g/mol. The molecule has 0 radical (unpaired) electrons. The van der Waals surface area contributed by atoms with Crippen LogP contribution in [0.2, 0.25) is 0 Å². The second-order valence-corrected chi connectivity index (χ2v) is 5.30. The first kappa shape index (κ1) is 11.9. The molecule has 0 spiro atoms. The van der Waals surface area contributed by atoms with Crippen molar-refractivity contribution in [1.82, 2.24) is 15.0 Å². The molecule has 0 saturated heterocycles. The summed E-state index contributed by atoms with van der Waals surface area (Å²) >= 11 is 1.20. The van der Waals surface area contributed by atoms with Crippen molar-refractivity contribution < 1.29 is 0 Å². The Hall–Kier alpha value is -2.21. The summed E-state index contributed by atoms with van der Waals surface area (Å²) in [5, 5.41) is 3.25. The minimum absolute atomic E-state index is 0.0405. The van der Waals surface area contributed by atoms with Crippen LogP contribution >= 0.6 is 11.3 Å². The topological polar surface area (TPSA) is 70.7 Å². The summed E-state index contributed by atoms with van der Waals surface area (Å²) in [6.07, 6.45) is 1.54. The van der Waals surface area contributed by atoms with Crippen LogP contribution in [-0.4, -0.2) is 15.0 Å². The predicted octanol–water partition coefficient (Wildman–Crippen LogP) is 2.74.